The van der Waals surface area contributed by atoms with Gasteiger partial charge in [0.15, 0.2) is 23.1 Å². The lowest BCUT2D eigenvalue weighted by Gasteiger charge is -2.10. The summed E-state index contributed by atoms with van der Waals surface area (Å²) in [5, 5.41) is 11.3. The van der Waals surface area contributed by atoms with E-state index in [4.69, 9.17) is 11.6 Å². The fraction of sp³-hybridized carbons (Fsp3) is 0.174. The van der Waals surface area contributed by atoms with Crippen LogP contribution in [0.15, 0.2) is 48.7 Å². The number of aryl methyl sites for hydroxylation is 1. The molecule has 0 spiro atoms. The summed E-state index contributed by atoms with van der Waals surface area (Å²) >= 11 is 6.10. The van der Waals surface area contributed by atoms with Gasteiger partial charge in [-0.2, -0.15) is 0 Å². The molecule has 4 aromatic rings. The number of amides is 1. The summed E-state index contributed by atoms with van der Waals surface area (Å²) in [6, 6.07) is 11.5. The quantitative estimate of drug-likeness (QED) is 0.446. The summed E-state index contributed by atoms with van der Waals surface area (Å²) < 4.78 is 28.8. The lowest BCUT2D eigenvalue weighted by atomic mass is 9.98. The highest BCUT2D eigenvalue weighted by Gasteiger charge is 2.24. The van der Waals surface area contributed by atoms with Gasteiger partial charge >= 0.3 is 0 Å². The molecular formula is C23H17ClF2N4O. The number of pyridine rings is 1. The molecule has 1 N–H and O–H groups in total. The van der Waals surface area contributed by atoms with E-state index in [0.29, 0.717) is 17.0 Å². The van der Waals surface area contributed by atoms with Gasteiger partial charge in [0, 0.05) is 23.4 Å². The van der Waals surface area contributed by atoms with Crippen LogP contribution >= 0.6 is 11.6 Å². The van der Waals surface area contributed by atoms with Gasteiger partial charge in [0.25, 0.3) is 5.91 Å². The van der Waals surface area contributed by atoms with Crippen LogP contribution in [0.2, 0.25) is 5.02 Å². The molecule has 0 unspecified atom stereocenters. The number of rotatable bonds is 4. The number of benzene rings is 2. The van der Waals surface area contributed by atoms with Crippen LogP contribution in [0.5, 0.6) is 0 Å². The van der Waals surface area contributed by atoms with Crippen LogP contribution in [0.25, 0.3) is 28.2 Å². The summed E-state index contributed by atoms with van der Waals surface area (Å²) in [6.45, 7) is 1.97. The number of hydrogen-bond donors (Lipinski definition) is 1. The lowest BCUT2D eigenvalue weighted by Crippen LogP contribution is -2.25. The molecule has 156 valence electrons. The van der Waals surface area contributed by atoms with E-state index in [0.717, 1.165) is 41.7 Å². The molecular weight excluding hydrogens is 422 g/mol. The molecule has 1 aliphatic rings. The predicted octanol–water partition coefficient (Wildman–Crippen LogP) is 5.20. The zero-order valence-corrected chi connectivity index (χ0v) is 17.3. The van der Waals surface area contributed by atoms with Crippen molar-refractivity contribution >= 4 is 23.2 Å². The Labute approximate surface area is 181 Å². The van der Waals surface area contributed by atoms with Crippen LogP contribution in [0, 0.1) is 18.6 Å². The Kier molecular flexibility index (Phi) is 4.70. The molecule has 5 rings (SSSR count). The van der Waals surface area contributed by atoms with Crippen molar-refractivity contribution in [2.45, 2.75) is 25.8 Å². The Morgan fingerprint density at radius 3 is 2.61 bits per heavy atom. The van der Waals surface area contributed by atoms with E-state index in [1.165, 1.54) is 0 Å². The highest BCUT2D eigenvalue weighted by molar-refractivity contribution is 6.33. The minimum Gasteiger partial charge on any atom is -0.349 e. The summed E-state index contributed by atoms with van der Waals surface area (Å²) in [5.41, 5.74) is 4.14. The molecule has 1 amide bonds. The van der Waals surface area contributed by atoms with Gasteiger partial charge in [-0.25, -0.2) is 8.78 Å². The van der Waals surface area contributed by atoms with Gasteiger partial charge in [0.1, 0.15) is 0 Å². The third kappa shape index (κ3) is 3.65. The summed E-state index contributed by atoms with van der Waals surface area (Å²) in [7, 11) is 0. The molecule has 0 bridgehead atoms. The monoisotopic (exact) mass is 438 g/mol. The van der Waals surface area contributed by atoms with Gasteiger partial charge in [-0.1, -0.05) is 17.7 Å². The zero-order chi connectivity index (χ0) is 21.7. The van der Waals surface area contributed by atoms with Crippen LogP contribution in [0.1, 0.15) is 28.8 Å². The summed E-state index contributed by atoms with van der Waals surface area (Å²) in [4.78, 5) is 12.4. The van der Waals surface area contributed by atoms with E-state index in [1.54, 1.807) is 10.6 Å². The van der Waals surface area contributed by atoms with Crippen molar-refractivity contribution in [1.82, 2.24) is 19.9 Å². The van der Waals surface area contributed by atoms with Gasteiger partial charge < -0.3 is 5.32 Å². The molecule has 2 aromatic carbocycles. The summed E-state index contributed by atoms with van der Waals surface area (Å²) in [5.74, 6) is -1.81. The average Bonchev–Trinajstić information content (AvgIpc) is 3.47. The molecule has 2 aromatic heterocycles. The maximum absolute atomic E-state index is 13.7. The molecule has 1 saturated carbocycles. The van der Waals surface area contributed by atoms with Crippen molar-refractivity contribution in [2.24, 2.45) is 0 Å². The van der Waals surface area contributed by atoms with Gasteiger partial charge in [-0.15, -0.1) is 10.2 Å². The molecule has 5 nitrogen and oxygen atoms in total. The van der Waals surface area contributed by atoms with Gasteiger partial charge in [-0.05, 0) is 72.9 Å². The smallest absolute Gasteiger partial charge is 0.251 e. The SMILES string of the molecule is Cc1ccc(C(=O)NC2CC2)cc1-c1ccn2c(-c3cc(F)c(F)cc3Cl)nnc2c1. The fourth-order valence-corrected chi connectivity index (χ4v) is 3.74. The Bertz CT molecular complexity index is 1350. The number of fused-ring (bicyclic) bond motifs is 1. The van der Waals surface area contributed by atoms with Crippen molar-refractivity contribution < 1.29 is 13.6 Å². The highest BCUT2D eigenvalue weighted by Crippen LogP contribution is 2.31. The van der Waals surface area contributed by atoms with E-state index in [9.17, 15) is 13.6 Å². The normalized spacial score (nSPS) is 13.5. The molecule has 1 aliphatic carbocycles. The largest absolute Gasteiger partial charge is 0.349 e. The Morgan fingerprint density at radius 1 is 1.06 bits per heavy atom. The van der Waals surface area contributed by atoms with Gasteiger partial charge in [0.05, 0.1) is 5.02 Å². The molecule has 1 fully saturated rings. The number of nitrogens with zero attached hydrogens (tertiary/aromatic N) is 3. The Balaban J connectivity index is 1.54. The number of aromatic nitrogens is 3. The second-order valence-corrected chi connectivity index (χ2v) is 8.10. The third-order valence-electron chi connectivity index (χ3n) is 5.38. The summed E-state index contributed by atoms with van der Waals surface area (Å²) in [6.07, 6.45) is 3.80. The van der Waals surface area contributed by atoms with Gasteiger partial charge in [-0.3, -0.25) is 9.20 Å². The maximum Gasteiger partial charge on any atom is 0.251 e. The number of carbonyl (C=O) groups excluding carboxylic acids is 1. The van der Waals surface area contributed by atoms with E-state index in [-0.39, 0.29) is 22.5 Å². The minimum absolute atomic E-state index is 0.0440. The first kappa shape index (κ1) is 19.6. The van der Waals surface area contributed by atoms with E-state index >= 15 is 0 Å². The first-order chi connectivity index (χ1) is 14.9. The standard InChI is InChI=1S/C23H17ClF2N4O/c1-12-2-3-14(23(31)27-15-4-5-15)8-16(12)13-6-7-30-21(9-13)28-29-22(30)17-10-19(25)20(26)11-18(17)24/h2-3,6-11,15H,4-5H2,1H3,(H,27,31). The van der Waals surface area contributed by atoms with E-state index < -0.39 is 11.6 Å². The predicted molar refractivity (Wildman–Crippen MR) is 114 cm³/mol. The van der Waals surface area contributed by atoms with Crippen LogP contribution in [0.3, 0.4) is 0 Å². The first-order valence-electron chi connectivity index (χ1n) is 9.82. The average molecular weight is 439 g/mol. The molecule has 0 saturated heterocycles. The molecule has 0 aliphatic heterocycles. The van der Waals surface area contributed by atoms with E-state index in [1.807, 2.05) is 37.3 Å². The van der Waals surface area contributed by atoms with Crippen LogP contribution < -0.4 is 5.32 Å². The topological polar surface area (TPSA) is 59.3 Å². The second-order valence-electron chi connectivity index (χ2n) is 7.69. The molecule has 8 heteroatoms. The van der Waals surface area contributed by atoms with E-state index in [2.05, 4.69) is 15.5 Å². The zero-order valence-electron chi connectivity index (χ0n) is 16.5. The third-order valence-corrected chi connectivity index (χ3v) is 5.70. The molecule has 0 atom stereocenters. The number of halogens is 3. The Hall–Kier alpha value is -3.32. The molecule has 2 heterocycles. The lowest BCUT2D eigenvalue weighted by molar-refractivity contribution is 0.0951. The molecule has 0 radical (unpaired) electrons. The number of hydrogen-bond acceptors (Lipinski definition) is 3. The van der Waals surface area contributed by atoms with Crippen molar-refractivity contribution in [3.8, 4) is 22.5 Å². The van der Waals surface area contributed by atoms with Crippen LogP contribution in [-0.4, -0.2) is 26.5 Å². The highest BCUT2D eigenvalue weighted by atomic mass is 35.5. The number of carbonyl (C=O) groups is 1. The van der Waals surface area contributed by atoms with Crippen LogP contribution in [0.4, 0.5) is 8.78 Å². The van der Waals surface area contributed by atoms with Crippen molar-refractivity contribution in [1.29, 1.82) is 0 Å². The maximum atomic E-state index is 13.7. The van der Waals surface area contributed by atoms with Gasteiger partial charge in [0.2, 0.25) is 0 Å². The Morgan fingerprint density at radius 2 is 1.84 bits per heavy atom. The van der Waals surface area contributed by atoms with Crippen molar-refractivity contribution in [2.75, 3.05) is 0 Å². The molecule has 31 heavy (non-hydrogen) atoms. The fourth-order valence-electron chi connectivity index (χ4n) is 3.51. The second kappa shape index (κ2) is 7.42. The van der Waals surface area contributed by atoms with Crippen molar-refractivity contribution in [3.05, 3.63) is 76.4 Å². The number of nitrogens with one attached hydrogen (secondary N) is 1. The first-order valence-corrected chi connectivity index (χ1v) is 10.2. The van der Waals surface area contributed by atoms with Crippen LogP contribution in [-0.2, 0) is 0 Å². The van der Waals surface area contributed by atoms with Crippen molar-refractivity contribution in [3.63, 3.8) is 0 Å². The minimum atomic E-state index is -1.02.